The van der Waals surface area contributed by atoms with Crippen LogP contribution in [0.2, 0.25) is 0 Å². The van der Waals surface area contributed by atoms with E-state index in [0.717, 1.165) is 5.56 Å². The Morgan fingerprint density at radius 3 is 2.63 bits per heavy atom. The SMILES string of the molecule is CCOC(=O)c1ccc(C)c(C)c1NS(=O)(=O)c1nc2nc(C)ccn2n1. The molecule has 27 heavy (non-hydrogen) atoms. The maximum atomic E-state index is 12.8. The van der Waals surface area contributed by atoms with Crippen LogP contribution in [0.3, 0.4) is 0 Å². The van der Waals surface area contributed by atoms with Crippen molar-refractivity contribution in [1.29, 1.82) is 0 Å². The van der Waals surface area contributed by atoms with Crippen molar-refractivity contribution in [2.45, 2.75) is 32.9 Å². The molecule has 0 radical (unpaired) electrons. The lowest BCUT2D eigenvalue weighted by atomic mass is 10.0. The minimum Gasteiger partial charge on any atom is -0.462 e. The zero-order valence-corrected chi connectivity index (χ0v) is 16.2. The van der Waals surface area contributed by atoms with Gasteiger partial charge in [-0.3, -0.25) is 4.72 Å². The molecule has 0 spiro atoms. The third-order valence-electron chi connectivity index (χ3n) is 4.04. The van der Waals surface area contributed by atoms with Crippen LogP contribution < -0.4 is 4.72 Å². The number of aryl methyl sites for hydroxylation is 2. The number of nitrogens with one attached hydrogen (secondary N) is 1. The smallest absolute Gasteiger partial charge is 0.340 e. The van der Waals surface area contributed by atoms with E-state index in [1.54, 1.807) is 39.1 Å². The minimum absolute atomic E-state index is 0.126. The van der Waals surface area contributed by atoms with E-state index in [1.165, 1.54) is 10.6 Å². The van der Waals surface area contributed by atoms with Crippen LogP contribution in [0.5, 0.6) is 0 Å². The van der Waals surface area contributed by atoms with Crippen molar-refractivity contribution < 1.29 is 17.9 Å². The van der Waals surface area contributed by atoms with Gasteiger partial charge in [0.2, 0.25) is 0 Å². The summed E-state index contributed by atoms with van der Waals surface area (Å²) in [5.74, 6) is -0.444. The van der Waals surface area contributed by atoms with Gasteiger partial charge in [0.05, 0.1) is 17.9 Å². The van der Waals surface area contributed by atoms with E-state index in [-0.39, 0.29) is 23.6 Å². The summed E-state index contributed by atoms with van der Waals surface area (Å²) in [4.78, 5) is 20.3. The quantitative estimate of drug-likeness (QED) is 0.664. The van der Waals surface area contributed by atoms with Gasteiger partial charge in [-0.2, -0.15) is 13.4 Å². The molecular weight excluding hydrogens is 370 g/mol. The summed E-state index contributed by atoms with van der Waals surface area (Å²) in [6, 6.07) is 4.95. The van der Waals surface area contributed by atoms with Crippen LogP contribution >= 0.6 is 0 Å². The number of ether oxygens (including phenoxy) is 1. The largest absolute Gasteiger partial charge is 0.462 e. The van der Waals surface area contributed by atoms with E-state index in [4.69, 9.17) is 4.74 Å². The number of hydrogen-bond donors (Lipinski definition) is 1. The standard InChI is InChI=1S/C17H19N5O4S/c1-5-26-15(23)13-7-6-10(2)12(4)14(13)21-27(24,25)17-19-16-18-11(3)8-9-22(16)20-17/h6-9,21H,5H2,1-4H3. The topological polar surface area (TPSA) is 116 Å². The van der Waals surface area contributed by atoms with E-state index in [9.17, 15) is 13.2 Å². The Kier molecular flexibility index (Phi) is 4.83. The monoisotopic (exact) mass is 389 g/mol. The highest BCUT2D eigenvalue weighted by atomic mass is 32.2. The Labute approximate surface area is 156 Å². The fraction of sp³-hybridized carbons (Fsp3) is 0.294. The number of rotatable bonds is 5. The summed E-state index contributed by atoms with van der Waals surface area (Å²) >= 11 is 0. The van der Waals surface area contributed by atoms with Gasteiger partial charge in [-0.1, -0.05) is 6.07 Å². The normalized spacial score (nSPS) is 11.6. The maximum Gasteiger partial charge on any atom is 0.340 e. The summed E-state index contributed by atoms with van der Waals surface area (Å²) in [5.41, 5.74) is 2.39. The first-order valence-corrected chi connectivity index (χ1v) is 9.71. The number of benzene rings is 1. The second kappa shape index (κ2) is 6.95. The molecule has 0 aliphatic carbocycles. The average Bonchev–Trinajstić information content (AvgIpc) is 3.03. The van der Waals surface area contributed by atoms with E-state index in [1.807, 2.05) is 6.92 Å². The van der Waals surface area contributed by atoms with Crippen LogP contribution in [0.1, 0.15) is 34.1 Å². The zero-order chi connectivity index (χ0) is 19.8. The van der Waals surface area contributed by atoms with Gasteiger partial charge in [0.25, 0.3) is 21.0 Å². The summed E-state index contributed by atoms with van der Waals surface area (Å²) in [7, 11) is -4.14. The molecule has 0 saturated carbocycles. The van der Waals surface area contributed by atoms with Crippen molar-refractivity contribution in [2.75, 3.05) is 11.3 Å². The number of anilines is 1. The highest BCUT2D eigenvalue weighted by molar-refractivity contribution is 7.92. The predicted octanol–water partition coefficient (Wildman–Crippen LogP) is 2.03. The molecular formula is C17H19N5O4S. The molecule has 0 fully saturated rings. The maximum absolute atomic E-state index is 12.8. The first-order chi connectivity index (χ1) is 12.7. The molecule has 142 valence electrons. The number of hydrogen-bond acceptors (Lipinski definition) is 7. The predicted molar refractivity (Wildman–Crippen MR) is 98.2 cm³/mol. The molecule has 3 aromatic rings. The van der Waals surface area contributed by atoms with Gasteiger partial charge in [-0.25, -0.2) is 14.3 Å². The summed E-state index contributed by atoms with van der Waals surface area (Å²) in [6.07, 6.45) is 1.58. The zero-order valence-electron chi connectivity index (χ0n) is 15.3. The first kappa shape index (κ1) is 18.8. The Morgan fingerprint density at radius 2 is 1.93 bits per heavy atom. The number of fused-ring (bicyclic) bond motifs is 1. The molecule has 0 aliphatic rings. The average molecular weight is 389 g/mol. The molecule has 0 bridgehead atoms. The molecule has 0 atom stereocenters. The third kappa shape index (κ3) is 3.61. The molecule has 0 aliphatic heterocycles. The van der Waals surface area contributed by atoms with Crippen molar-refractivity contribution in [3.8, 4) is 0 Å². The van der Waals surface area contributed by atoms with Crippen molar-refractivity contribution in [1.82, 2.24) is 19.6 Å². The van der Waals surface area contributed by atoms with Crippen LogP contribution in [0.4, 0.5) is 5.69 Å². The van der Waals surface area contributed by atoms with Gasteiger partial charge in [0.15, 0.2) is 0 Å². The second-order valence-corrected chi connectivity index (χ2v) is 7.54. The fourth-order valence-electron chi connectivity index (χ4n) is 2.47. The second-order valence-electron chi connectivity index (χ2n) is 5.96. The van der Waals surface area contributed by atoms with Gasteiger partial charge >= 0.3 is 5.97 Å². The first-order valence-electron chi connectivity index (χ1n) is 8.23. The Bertz CT molecular complexity index is 1140. The number of sulfonamides is 1. The van der Waals surface area contributed by atoms with Crippen LogP contribution in [-0.4, -0.2) is 40.6 Å². The van der Waals surface area contributed by atoms with Crippen molar-refractivity contribution >= 4 is 27.5 Å². The molecule has 0 saturated heterocycles. The Balaban J connectivity index is 2.06. The van der Waals surface area contributed by atoms with Crippen LogP contribution in [0, 0.1) is 20.8 Å². The van der Waals surface area contributed by atoms with Gasteiger partial charge in [0.1, 0.15) is 0 Å². The van der Waals surface area contributed by atoms with Crippen LogP contribution in [-0.2, 0) is 14.8 Å². The van der Waals surface area contributed by atoms with E-state index < -0.39 is 21.1 Å². The van der Waals surface area contributed by atoms with Crippen LogP contribution in [0.25, 0.3) is 5.78 Å². The van der Waals surface area contributed by atoms with E-state index in [2.05, 4.69) is 19.8 Å². The molecule has 1 aromatic carbocycles. The molecule has 2 aromatic heterocycles. The van der Waals surface area contributed by atoms with Gasteiger partial charge in [0, 0.05) is 11.9 Å². The lowest BCUT2D eigenvalue weighted by Crippen LogP contribution is -2.19. The summed E-state index contributed by atoms with van der Waals surface area (Å²) in [5, 5.41) is 3.53. The number of carbonyl (C=O) groups excluding carboxylic acids is 1. The number of esters is 1. The highest BCUT2D eigenvalue weighted by Crippen LogP contribution is 2.27. The Hall–Kier alpha value is -3.01. The lowest BCUT2D eigenvalue weighted by molar-refractivity contribution is 0.0527. The van der Waals surface area contributed by atoms with Crippen molar-refractivity contribution in [3.63, 3.8) is 0 Å². The molecule has 2 heterocycles. The summed E-state index contributed by atoms with van der Waals surface area (Å²) < 4.78 is 34.4. The lowest BCUT2D eigenvalue weighted by Gasteiger charge is -2.15. The molecule has 10 heteroatoms. The minimum atomic E-state index is -4.14. The van der Waals surface area contributed by atoms with Crippen LogP contribution in [0.15, 0.2) is 29.6 Å². The van der Waals surface area contributed by atoms with Crippen molar-refractivity contribution in [2.24, 2.45) is 0 Å². The number of carbonyl (C=O) groups is 1. The Morgan fingerprint density at radius 1 is 1.19 bits per heavy atom. The molecule has 9 nitrogen and oxygen atoms in total. The van der Waals surface area contributed by atoms with E-state index >= 15 is 0 Å². The number of nitrogens with zero attached hydrogens (tertiary/aromatic N) is 4. The fourth-order valence-corrected chi connectivity index (χ4v) is 3.49. The summed E-state index contributed by atoms with van der Waals surface area (Å²) in [6.45, 7) is 7.16. The molecule has 1 N–H and O–H groups in total. The highest BCUT2D eigenvalue weighted by Gasteiger charge is 2.25. The van der Waals surface area contributed by atoms with Crippen molar-refractivity contribution in [3.05, 3.63) is 46.8 Å². The number of aromatic nitrogens is 4. The molecule has 0 unspecified atom stereocenters. The van der Waals surface area contributed by atoms with Gasteiger partial charge in [-0.05, 0) is 51.0 Å². The van der Waals surface area contributed by atoms with Gasteiger partial charge in [-0.15, -0.1) is 5.10 Å². The molecule has 0 amide bonds. The molecule has 3 rings (SSSR count). The van der Waals surface area contributed by atoms with Gasteiger partial charge < -0.3 is 4.74 Å². The third-order valence-corrected chi connectivity index (χ3v) is 5.16. The van der Waals surface area contributed by atoms with E-state index in [0.29, 0.717) is 11.3 Å².